The highest BCUT2D eigenvalue weighted by Gasteiger charge is 2.21. The molecular weight excluding hydrogens is 240 g/mol. The number of anilines is 1. The summed E-state index contributed by atoms with van der Waals surface area (Å²) in [6.07, 6.45) is 1.95. The van der Waals surface area contributed by atoms with Gasteiger partial charge in [0.25, 0.3) is 0 Å². The fraction of sp³-hybridized carbons (Fsp3) is 0.500. The van der Waals surface area contributed by atoms with Gasteiger partial charge in [0, 0.05) is 32.0 Å². The molecule has 1 aromatic rings. The van der Waals surface area contributed by atoms with Crippen LogP contribution in [0.25, 0.3) is 0 Å². The first-order chi connectivity index (χ1) is 9.36. The van der Waals surface area contributed by atoms with Crippen molar-refractivity contribution in [3.8, 4) is 0 Å². The van der Waals surface area contributed by atoms with E-state index in [1.165, 1.54) is 11.3 Å². The lowest BCUT2D eigenvalue weighted by Crippen LogP contribution is -2.44. The molecule has 2 rings (SSSR count). The number of nitrogens with one attached hydrogen (secondary N) is 1. The Morgan fingerprint density at radius 2 is 2.32 bits per heavy atom. The molecule has 0 amide bonds. The van der Waals surface area contributed by atoms with Gasteiger partial charge in [-0.2, -0.15) is 0 Å². The summed E-state index contributed by atoms with van der Waals surface area (Å²) in [6.45, 7) is 5.14. The van der Waals surface area contributed by atoms with Gasteiger partial charge in [0.15, 0.2) is 0 Å². The van der Waals surface area contributed by atoms with E-state index in [1.54, 1.807) is 0 Å². The third-order valence-corrected chi connectivity index (χ3v) is 3.18. The lowest BCUT2D eigenvalue weighted by molar-refractivity contribution is 0.146. The maximum atomic E-state index is 5.60. The Balaban J connectivity index is 1.97. The number of guanidine groups is 1. The first-order valence-electron chi connectivity index (χ1n) is 6.81. The van der Waals surface area contributed by atoms with Crippen molar-refractivity contribution in [1.82, 2.24) is 5.43 Å². The number of rotatable bonds is 5. The van der Waals surface area contributed by atoms with Crippen LogP contribution in [0, 0.1) is 0 Å². The highest BCUT2D eigenvalue weighted by Crippen LogP contribution is 2.27. The quantitative estimate of drug-likeness (QED) is 0.276. The van der Waals surface area contributed by atoms with Crippen LogP contribution in [0.4, 0.5) is 5.69 Å². The van der Waals surface area contributed by atoms with Crippen molar-refractivity contribution in [1.29, 1.82) is 0 Å². The van der Waals surface area contributed by atoms with Crippen LogP contribution in [0.15, 0.2) is 29.3 Å². The Morgan fingerprint density at radius 3 is 3.11 bits per heavy atom. The van der Waals surface area contributed by atoms with Gasteiger partial charge in [-0.3, -0.25) is 10.4 Å². The van der Waals surface area contributed by atoms with E-state index < -0.39 is 0 Å². The molecule has 19 heavy (non-hydrogen) atoms. The average Bonchev–Trinajstić information content (AvgIpc) is 2.87. The molecule has 5 heteroatoms. The Morgan fingerprint density at radius 1 is 1.47 bits per heavy atom. The van der Waals surface area contributed by atoms with E-state index in [1.807, 2.05) is 13.0 Å². The molecule has 1 aliphatic heterocycles. The van der Waals surface area contributed by atoms with Gasteiger partial charge in [-0.1, -0.05) is 18.2 Å². The van der Waals surface area contributed by atoms with E-state index in [2.05, 4.69) is 33.5 Å². The van der Waals surface area contributed by atoms with Gasteiger partial charge in [-0.25, -0.2) is 5.84 Å². The normalized spacial score (nSPS) is 14.6. The summed E-state index contributed by atoms with van der Waals surface area (Å²) in [6, 6.07) is 8.37. The Kier molecular flexibility index (Phi) is 5.18. The zero-order valence-electron chi connectivity index (χ0n) is 11.4. The number of nitrogens with zero attached hydrogens (tertiary/aromatic N) is 2. The predicted octanol–water partition coefficient (Wildman–Crippen LogP) is 1.30. The lowest BCUT2D eigenvalue weighted by Gasteiger charge is -2.20. The van der Waals surface area contributed by atoms with E-state index in [4.69, 9.17) is 10.6 Å². The second kappa shape index (κ2) is 7.11. The van der Waals surface area contributed by atoms with E-state index in [9.17, 15) is 0 Å². The highest BCUT2D eigenvalue weighted by atomic mass is 16.5. The van der Waals surface area contributed by atoms with Gasteiger partial charge in [-0.05, 0) is 31.4 Å². The summed E-state index contributed by atoms with van der Waals surface area (Å²) in [4.78, 5) is 6.66. The van der Waals surface area contributed by atoms with Crippen LogP contribution >= 0.6 is 0 Å². The predicted molar refractivity (Wildman–Crippen MR) is 78.2 cm³/mol. The number of aliphatic imine (C=N–C) groups is 1. The number of benzene rings is 1. The van der Waals surface area contributed by atoms with Crippen LogP contribution in [-0.4, -0.2) is 32.3 Å². The van der Waals surface area contributed by atoms with Gasteiger partial charge in [0.1, 0.15) is 0 Å². The van der Waals surface area contributed by atoms with Gasteiger partial charge in [0.2, 0.25) is 5.96 Å². The van der Waals surface area contributed by atoms with Gasteiger partial charge in [-0.15, -0.1) is 0 Å². The van der Waals surface area contributed by atoms with Crippen LogP contribution < -0.4 is 16.2 Å². The van der Waals surface area contributed by atoms with Crippen LogP contribution in [0.1, 0.15) is 18.9 Å². The Bertz CT molecular complexity index is 433. The minimum Gasteiger partial charge on any atom is -0.382 e. The summed E-state index contributed by atoms with van der Waals surface area (Å²) in [7, 11) is 0. The Hall–Kier alpha value is -1.59. The third-order valence-electron chi connectivity index (χ3n) is 3.18. The molecule has 0 aliphatic carbocycles. The molecule has 0 radical (unpaired) electrons. The van der Waals surface area contributed by atoms with E-state index in [0.717, 1.165) is 45.1 Å². The SMILES string of the molecule is CCOCCCN=C(NN)N1CCc2ccccc21. The second-order valence-electron chi connectivity index (χ2n) is 4.43. The standard InChI is InChI=1S/C14H22N4O/c1-2-19-11-5-9-16-14(17-15)18-10-8-12-6-3-4-7-13(12)18/h3-4,6-7H,2,5,8-11,15H2,1H3,(H,16,17). The van der Waals surface area contributed by atoms with Crippen LogP contribution in [0.3, 0.4) is 0 Å². The number of hydrogen-bond donors (Lipinski definition) is 2. The first-order valence-corrected chi connectivity index (χ1v) is 6.81. The zero-order chi connectivity index (χ0) is 13.5. The molecule has 0 saturated carbocycles. The van der Waals surface area contributed by atoms with Crippen molar-refractivity contribution < 1.29 is 4.74 Å². The molecular formula is C14H22N4O. The summed E-state index contributed by atoms with van der Waals surface area (Å²) in [5.41, 5.74) is 5.26. The van der Waals surface area contributed by atoms with Crippen molar-refractivity contribution in [2.75, 3.05) is 31.2 Å². The third kappa shape index (κ3) is 3.45. The number of hydrazine groups is 1. The highest BCUT2D eigenvalue weighted by molar-refractivity contribution is 5.97. The van der Waals surface area contributed by atoms with Crippen LogP contribution in [0.5, 0.6) is 0 Å². The average molecular weight is 262 g/mol. The molecule has 1 aliphatic rings. The first kappa shape index (κ1) is 13.8. The molecule has 0 fully saturated rings. The minimum absolute atomic E-state index is 0.720. The van der Waals surface area contributed by atoms with Crippen molar-refractivity contribution in [3.05, 3.63) is 29.8 Å². The summed E-state index contributed by atoms with van der Waals surface area (Å²) in [5.74, 6) is 6.33. The fourth-order valence-electron chi connectivity index (χ4n) is 2.26. The summed E-state index contributed by atoms with van der Waals surface area (Å²) >= 11 is 0. The molecule has 5 nitrogen and oxygen atoms in total. The number of nitrogens with two attached hydrogens (primary N) is 1. The summed E-state index contributed by atoms with van der Waals surface area (Å²) in [5, 5.41) is 0. The number of fused-ring (bicyclic) bond motifs is 1. The molecule has 0 saturated heterocycles. The van der Waals surface area contributed by atoms with Gasteiger partial charge >= 0.3 is 0 Å². The number of para-hydroxylation sites is 1. The molecule has 0 atom stereocenters. The van der Waals surface area contributed by atoms with Gasteiger partial charge in [0.05, 0.1) is 0 Å². The number of ether oxygens (including phenoxy) is 1. The fourth-order valence-corrected chi connectivity index (χ4v) is 2.26. The minimum atomic E-state index is 0.720. The van der Waals surface area contributed by atoms with E-state index >= 15 is 0 Å². The molecule has 1 aromatic carbocycles. The molecule has 0 bridgehead atoms. The van der Waals surface area contributed by atoms with E-state index in [-0.39, 0.29) is 0 Å². The van der Waals surface area contributed by atoms with Crippen molar-refractivity contribution in [3.63, 3.8) is 0 Å². The smallest absolute Gasteiger partial charge is 0.212 e. The molecule has 104 valence electrons. The molecule has 0 unspecified atom stereocenters. The van der Waals surface area contributed by atoms with Gasteiger partial charge < -0.3 is 9.64 Å². The van der Waals surface area contributed by atoms with Crippen LogP contribution in [0.2, 0.25) is 0 Å². The van der Waals surface area contributed by atoms with Crippen molar-refractivity contribution in [2.24, 2.45) is 10.8 Å². The number of hydrogen-bond acceptors (Lipinski definition) is 3. The second-order valence-corrected chi connectivity index (χ2v) is 4.43. The lowest BCUT2D eigenvalue weighted by atomic mass is 10.2. The Labute approximate surface area is 114 Å². The maximum absolute atomic E-state index is 5.60. The van der Waals surface area contributed by atoms with Crippen LogP contribution in [-0.2, 0) is 11.2 Å². The molecule has 1 heterocycles. The van der Waals surface area contributed by atoms with Crippen molar-refractivity contribution in [2.45, 2.75) is 19.8 Å². The monoisotopic (exact) mass is 262 g/mol. The molecule has 0 aromatic heterocycles. The molecule has 0 spiro atoms. The maximum Gasteiger partial charge on any atom is 0.212 e. The van der Waals surface area contributed by atoms with E-state index in [0.29, 0.717) is 0 Å². The topological polar surface area (TPSA) is 62.9 Å². The largest absolute Gasteiger partial charge is 0.382 e. The summed E-state index contributed by atoms with van der Waals surface area (Å²) < 4.78 is 5.30. The van der Waals surface area contributed by atoms with Crippen molar-refractivity contribution >= 4 is 11.6 Å². The zero-order valence-corrected chi connectivity index (χ0v) is 11.4. The molecule has 3 N–H and O–H groups in total.